The number of thiocarbonyl (C=S) groups is 1. The second-order valence-corrected chi connectivity index (χ2v) is 5.00. The highest BCUT2D eigenvalue weighted by Gasteiger charge is 2.39. The van der Waals surface area contributed by atoms with Gasteiger partial charge in [0, 0.05) is 6.54 Å². The molecule has 0 heterocycles. The molecule has 3 nitrogen and oxygen atoms in total. The van der Waals surface area contributed by atoms with Gasteiger partial charge in [0.1, 0.15) is 0 Å². The second-order valence-electron chi connectivity index (χ2n) is 4.56. The summed E-state index contributed by atoms with van der Waals surface area (Å²) < 4.78 is 0. The van der Waals surface area contributed by atoms with Crippen molar-refractivity contribution in [3.05, 3.63) is 0 Å². The summed E-state index contributed by atoms with van der Waals surface area (Å²) in [6.45, 7) is 6.93. The highest BCUT2D eigenvalue weighted by atomic mass is 32.1. The molecule has 0 unspecified atom stereocenters. The number of amides is 1. The van der Waals surface area contributed by atoms with Gasteiger partial charge in [0.15, 0.2) is 0 Å². The largest absolute Gasteiger partial charge is 0.392 e. The van der Waals surface area contributed by atoms with Crippen LogP contribution in [0.5, 0.6) is 0 Å². The van der Waals surface area contributed by atoms with Crippen LogP contribution in [0, 0.1) is 5.41 Å². The fraction of sp³-hybridized carbons (Fsp3) is 0.846. The lowest BCUT2D eigenvalue weighted by atomic mass is 9.78. The third kappa shape index (κ3) is 4.62. The van der Waals surface area contributed by atoms with Crippen LogP contribution in [0.4, 0.5) is 0 Å². The van der Waals surface area contributed by atoms with E-state index in [1.165, 1.54) is 0 Å². The number of unbranched alkanes of at least 4 members (excludes halogenated alkanes) is 1. The van der Waals surface area contributed by atoms with Crippen molar-refractivity contribution in [3.8, 4) is 0 Å². The van der Waals surface area contributed by atoms with Crippen LogP contribution in [0.25, 0.3) is 0 Å². The van der Waals surface area contributed by atoms with E-state index in [1.54, 1.807) is 0 Å². The van der Waals surface area contributed by atoms with Gasteiger partial charge in [-0.2, -0.15) is 0 Å². The maximum atomic E-state index is 12.3. The average molecular weight is 258 g/mol. The quantitative estimate of drug-likeness (QED) is 0.494. The van der Waals surface area contributed by atoms with Gasteiger partial charge in [-0.1, -0.05) is 52.3 Å². The Balaban J connectivity index is 4.74. The van der Waals surface area contributed by atoms with Crippen molar-refractivity contribution >= 4 is 23.1 Å². The van der Waals surface area contributed by atoms with Gasteiger partial charge in [-0.15, -0.1) is 0 Å². The first kappa shape index (κ1) is 16.4. The minimum Gasteiger partial charge on any atom is -0.392 e. The van der Waals surface area contributed by atoms with E-state index in [4.69, 9.17) is 18.0 Å². The van der Waals surface area contributed by atoms with Crippen molar-refractivity contribution in [2.45, 2.75) is 59.3 Å². The van der Waals surface area contributed by atoms with Gasteiger partial charge in [-0.25, -0.2) is 0 Å². The summed E-state index contributed by atoms with van der Waals surface area (Å²) >= 11 is 5.13. The normalized spacial score (nSPS) is 11.2. The molecule has 0 aliphatic rings. The SMILES string of the molecule is CCCCNC(=O)C(CCC)(CCC)C(N)=S. The maximum absolute atomic E-state index is 12.3. The summed E-state index contributed by atoms with van der Waals surface area (Å²) in [7, 11) is 0. The zero-order chi connectivity index (χ0) is 13.3. The molecule has 0 spiro atoms. The highest BCUT2D eigenvalue weighted by molar-refractivity contribution is 7.80. The maximum Gasteiger partial charge on any atom is 0.233 e. The monoisotopic (exact) mass is 258 g/mol. The lowest BCUT2D eigenvalue weighted by Crippen LogP contribution is -2.49. The molecule has 0 fully saturated rings. The minimum absolute atomic E-state index is 0.0159. The molecular weight excluding hydrogens is 232 g/mol. The van der Waals surface area contributed by atoms with Crippen LogP contribution in [-0.4, -0.2) is 17.4 Å². The van der Waals surface area contributed by atoms with Crippen LogP contribution >= 0.6 is 12.2 Å². The van der Waals surface area contributed by atoms with Crippen LogP contribution < -0.4 is 11.1 Å². The third-order valence-corrected chi connectivity index (χ3v) is 3.47. The van der Waals surface area contributed by atoms with Crippen molar-refractivity contribution < 1.29 is 4.79 Å². The van der Waals surface area contributed by atoms with Gasteiger partial charge < -0.3 is 11.1 Å². The van der Waals surface area contributed by atoms with Crippen LogP contribution in [0.15, 0.2) is 0 Å². The predicted octanol–water partition coefficient (Wildman–Crippen LogP) is 2.78. The zero-order valence-electron chi connectivity index (χ0n) is 11.3. The molecule has 1 amide bonds. The Kier molecular flexibility index (Phi) is 8.13. The fourth-order valence-corrected chi connectivity index (χ4v) is 2.41. The summed E-state index contributed by atoms with van der Waals surface area (Å²) in [5.74, 6) is 0.0159. The first-order chi connectivity index (χ1) is 8.05. The van der Waals surface area contributed by atoms with Crippen LogP contribution in [0.1, 0.15) is 59.3 Å². The van der Waals surface area contributed by atoms with Crippen LogP contribution in [0.3, 0.4) is 0 Å². The fourth-order valence-electron chi connectivity index (χ4n) is 2.11. The number of carbonyl (C=O) groups is 1. The summed E-state index contributed by atoms with van der Waals surface area (Å²) in [4.78, 5) is 12.6. The van der Waals surface area contributed by atoms with E-state index >= 15 is 0 Å². The van der Waals surface area contributed by atoms with Gasteiger partial charge in [-0.3, -0.25) is 4.79 Å². The molecular formula is C13H26N2OS. The van der Waals surface area contributed by atoms with E-state index < -0.39 is 5.41 Å². The van der Waals surface area contributed by atoms with E-state index in [1.807, 2.05) is 0 Å². The predicted molar refractivity (Wildman–Crippen MR) is 77.0 cm³/mol. The molecule has 0 saturated heterocycles. The Labute approximate surface area is 111 Å². The van der Waals surface area contributed by atoms with Crippen LogP contribution in [0.2, 0.25) is 0 Å². The van der Waals surface area contributed by atoms with Crippen LogP contribution in [-0.2, 0) is 4.79 Å². The molecule has 0 aliphatic carbocycles. The molecule has 0 aliphatic heterocycles. The third-order valence-electron chi connectivity index (χ3n) is 3.08. The molecule has 0 radical (unpaired) electrons. The van der Waals surface area contributed by atoms with E-state index in [-0.39, 0.29) is 5.91 Å². The van der Waals surface area contributed by atoms with E-state index in [2.05, 4.69) is 26.1 Å². The molecule has 0 bridgehead atoms. The number of carbonyl (C=O) groups excluding carboxylic acids is 1. The number of nitrogens with two attached hydrogens (primary N) is 1. The number of hydrogen-bond donors (Lipinski definition) is 2. The van der Waals surface area contributed by atoms with Crippen molar-refractivity contribution in [2.24, 2.45) is 11.1 Å². The summed E-state index contributed by atoms with van der Waals surface area (Å²) in [6, 6.07) is 0. The molecule has 100 valence electrons. The molecule has 17 heavy (non-hydrogen) atoms. The molecule has 4 heteroatoms. The van der Waals surface area contributed by atoms with E-state index in [9.17, 15) is 4.79 Å². The lowest BCUT2D eigenvalue weighted by Gasteiger charge is -2.31. The number of hydrogen-bond acceptors (Lipinski definition) is 2. The molecule has 0 atom stereocenters. The van der Waals surface area contributed by atoms with E-state index in [0.29, 0.717) is 11.5 Å². The smallest absolute Gasteiger partial charge is 0.233 e. The Morgan fingerprint density at radius 1 is 1.18 bits per heavy atom. The zero-order valence-corrected chi connectivity index (χ0v) is 12.2. The Morgan fingerprint density at radius 3 is 2.06 bits per heavy atom. The number of nitrogens with one attached hydrogen (secondary N) is 1. The summed E-state index contributed by atoms with van der Waals surface area (Å²) in [6.07, 6.45) is 5.39. The summed E-state index contributed by atoms with van der Waals surface area (Å²) in [5, 5.41) is 2.97. The van der Waals surface area contributed by atoms with Crippen molar-refractivity contribution in [1.29, 1.82) is 0 Å². The number of rotatable bonds is 9. The van der Waals surface area contributed by atoms with Crippen molar-refractivity contribution in [2.75, 3.05) is 6.54 Å². The molecule has 0 aromatic rings. The first-order valence-corrected chi connectivity index (χ1v) is 7.04. The minimum atomic E-state index is -0.632. The van der Waals surface area contributed by atoms with E-state index in [0.717, 1.165) is 38.5 Å². The molecule has 0 saturated carbocycles. The Morgan fingerprint density at radius 2 is 1.71 bits per heavy atom. The topological polar surface area (TPSA) is 55.1 Å². The van der Waals surface area contributed by atoms with Gasteiger partial charge in [0.25, 0.3) is 0 Å². The van der Waals surface area contributed by atoms with Gasteiger partial charge >= 0.3 is 0 Å². The second kappa shape index (κ2) is 8.45. The standard InChI is InChI=1S/C13H26N2OS/c1-4-7-10-15-12(16)13(8-5-2,9-6-3)11(14)17/h4-10H2,1-3H3,(H2,14,17)(H,15,16). The average Bonchev–Trinajstić information content (AvgIpc) is 2.28. The summed E-state index contributed by atoms with van der Waals surface area (Å²) in [5.41, 5.74) is 5.19. The van der Waals surface area contributed by atoms with Crippen molar-refractivity contribution in [3.63, 3.8) is 0 Å². The van der Waals surface area contributed by atoms with Crippen molar-refractivity contribution in [1.82, 2.24) is 5.32 Å². The Hall–Kier alpha value is -0.640. The molecule has 3 N–H and O–H groups in total. The first-order valence-electron chi connectivity index (χ1n) is 6.63. The molecule has 0 aromatic carbocycles. The van der Waals surface area contributed by atoms with Gasteiger partial charge in [-0.05, 0) is 19.3 Å². The molecule has 0 rings (SSSR count). The van der Waals surface area contributed by atoms with Gasteiger partial charge in [0.2, 0.25) is 5.91 Å². The Bertz CT molecular complexity index is 248. The highest BCUT2D eigenvalue weighted by Crippen LogP contribution is 2.30. The van der Waals surface area contributed by atoms with Gasteiger partial charge in [0.05, 0.1) is 10.4 Å². The lowest BCUT2D eigenvalue weighted by molar-refractivity contribution is -0.128. The molecule has 0 aromatic heterocycles.